The van der Waals surface area contributed by atoms with E-state index >= 15 is 0 Å². The average molecular weight is 207 g/mol. The van der Waals surface area contributed by atoms with Crippen LogP contribution in [0.5, 0.6) is 0 Å². The Bertz CT molecular complexity index is 325. The molecule has 0 spiro atoms. The van der Waals surface area contributed by atoms with E-state index in [1.165, 1.54) is 5.56 Å². The number of rotatable bonds is 1. The summed E-state index contributed by atoms with van der Waals surface area (Å²) in [7, 11) is 0. The fourth-order valence-corrected chi connectivity index (χ4v) is 1.98. The third kappa shape index (κ3) is 2.04. The Morgan fingerprint density at radius 3 is 2.71 bits per heavy atom. The average Bonchev–Trinajstić information content (AvgIpc) is 2.18. The SMILES string of the molecule is CC1CC(c2ccccc2)OC(=S)N1. The number of nitrogens with one attached hydrogen (secondary N) is 1. The monoisotopic (exact) mass is 207 g/mol. The highest BCUT2D eigenvalue weighted by atomic mass is 32.1. The number of thiocarbonyl (C=S) groups is 1. The maximum absolute atomic E-state index is 5.56. The molecule has 1 aromatic carbocycles. The van der Waals surface area contributed by atoms with Gasteiger partial charge in [0.15, 0.2) is 0 Å². The topological polar surface area (TPSA) is 21.3 Å². The van der Waals surface area contributed by atoms with Crippen molar-refractivity contribution >= 4 is 17.4 Å². The van der Waals surface area contributed by atoms with E-state index in [0.29, 0.717) is 11.2 Å². The molecule has 1 aromatic rings. The van der Waals surface area contributed by atoms with Crippen LogP contribution in [0.25, 0.3) is 0 Å². The van der Waals surface area contributed by atoms with Crippen LogP contribution in [-0.2, 0) is 4.74 Å². The lowest BCUT2D eigenvalue weighted by atomic mass is 10.0. The molecule has 0 aromatic heterocycles. The van der Waals surface area contributed by atoms with Crippen LogP contribution < -0.4 is 5.32 Å². The number of ether oxygens (including phenoxy) is 1. The lowest BCUT2D eigenvalue weighted by molar-refractivity contribution is 0.138. The fraction of sp³-hybridized carbons (Fsp3) is 0.364. The minimum absolute atomic E-state index is 0.111. The summed E-state index contributed by atoms with van der Waals surface area (Å²) < 4.78 is 5.56. The van der Waals surface area contributed by atoms with Crippen molar-refractivity contribution in [1.29, 1.82) is 0 Å². The van der Waals surface area contributed by atoms with Crippen molar-refractivity contribution in [2.75, 3.05) is 0 Å². The van der Waals surface area contributed by atoms with Crippen molar-refractivity contribution in [3.63, 3.8) is 0 Å². The zero-order valence-corrected chi connectivity index (χ0v) is 8.88. The van der Waals surface area contributed by atoms with Gasteiger partial charge in [-0.05, 0) is 24.7 Å². The standard InChI is InChI=1S/C11H13NOS/c1-8-7-10(13-11(14)12-8)9-5-3-2-4-6-9/h2-6,8,10H,7H2,1H3,(H,12,14). The summed E-state index contributed by atoms with van der Waals surface area (Å²) in [5.74, 6) is 0. The molecule has 1 heterocycles. The Hall–Kier alpha value is -1.09. The highest BCUT2D eigenvalue weighted by molar-refractivity contribution is 7.80. The van der Waals surface area contributed by atoms with Crippen molar-refractivity contribution in [1.82, 2.24) is 5.32 Å². The van der Waals surface area contributed by atoms with Crippen LogP contribution in [-0.4, -0.2) is 11.2 Å². The quantitative estimate of drug-likeness (QED) is 0.715. The Labute approximate surface area is 89.3 Å². The molecule has 0 bridgehead atoms. The first-order valence-corrected chi connectivity index (χ1v) is 5.18. The summed E-state index contributed by atoms with van der Waals surface area (Å²) >= 11 is 5.03. The van der Waals surface area contributed by atoms with Crippen LogP contribution >= 0.6 is 12.2 Å². The van der Waals surface area contributed by atoms with Gasteiger partial charge in [-0.15, -0.1) is 0 Å². The van der Waals surface area contributed by atoms with Gasteiger partial charge in [-0.1, -0.05) is 30.3 Å². The van der Waals surface area contributed by atoms with Gasteiger partial charge in [0, 0.05) is 12.5 Å². The minimum atomic E-state index is 0.111. The largest absolute Gasteiger partial charge is 0.463 e. The molecule has 1 aliphatic heterocycles. The first-order valence-electron chi connectivity index (χ1n) is 4.78. The van der Waals surface area contributed by atoms with E-state index in [1.807, 2.05) is 18.2 Å². The summed E-state index contributed by atoms with van der Waals surface area (Å²) in [5, 5.41) is 3.60. The van der Waals surface area contributed by atoms with Crippen molar-refractivity contribution in [2.45, 2.75) is 25.5 Å². The van der Waals surface area contributed by atoms with Crippen LogP contribution in [0.4, 0.5) is 0 Å². The summed E-state index contributed by atoms with van der Waals surface area (Å²) in [5.41, 5.74) is 1.20. The van der Waals surface area contributed by atoms with Gasteiger partial charge in [-0.25, -0.2) is 0 Å². The van der Waals surface area contributed by atoms with Crippen molar-refractivity contribution < 1.29 is 4.74 Å². The maximum Gasteiger partial charge on any atom is 0.257 e. The molecule has 0 aliphatic carbocycles. The maximum atomic E-state index is 5.56. The van der Waals surface area contributed by atoms with Gasteiger partial charge in [-0.3, -0.25) is 0 Å². The third-order valence-electron chi connectivity index (χ3n) is 2.35. The normalized spacial score (nSPS) is 26.5. The van der Waals surface area contributed by atoms with Gasteiger partial charge in [0.25, 0.3) is 5.17 Å². The van der Waals surface area contributed by atoms with Gasteiger partial charge < -0.3 is 10.1 Å². The summed E-state index contributed by atoms with van der Waals surface area (Å²) in [6, 6.07) is 10.6. The number of hydrogen-bond acceptors (Lipinski definition) is 2. The van der Waals surface area contributed by atoms with E-state index < -0.39 is 0 Å². The highest BCUT2D eigenvalue weighted by Crippen LogP contribution is 2.25. The van der Waals surface area contributed by atoms with Crippen LogP contribution in [0.3, 0.4) is 0 Å². The first-order chi connectivity index (χ1) is 6.75. The van der Waals surface area contributed by atoms with Crippen LogP contribution in [0.2, 0.25) is 0 Å². The number of benzene rings is 1. The van der Waals surface area contributed by atoms with Crippen molar-refractivity contribution in [2.24, 2.45) is 0 Å². The lowest BCUT2D eigenvalue weighted by Crippen LogP contribution is -2.40. The van der Waals surface area contributed by atoms with E-state index in [9.17, 15) is 0 Å². The molecule has 2 unspecified atom stereocenters. The molecule has 1 fully saturated rings. The van der Waals surface area contributed by atoms with Crippen LogP contribution in [0.15, 0.2) is 30.3 Å². The highest BCUT2D eigenvalue weighted by Gasteiger charge is 2.23. The molecule has 1 aliphatic rings. The van der Waals surface area contributed by atoms with E-state index in [2.05, 4.69) is 24.4 Å². The lowest BCUT2D eigenvalue weighted by Gasteiger charge is -2.30. The zero-order valence-electron chi connectivity index (χ0n) is 8.07. The van der Waals surface area contributed by atoms with Crippen LogP contribution in [0, 0.1) is 0 Å². The molecule has 2 atom stereocenters. The Morgan fingerprint density at radius 2 is 2.07 bits per heavy atom. The molecular weight excluding hydrogens is 194 g/mol. The predicted molar refractivity (Wildman–Crippen MR) is 60.1 cm³/mol. The van der Waals surface area contributed by atoms with Gasteiger partial charge in [0.05, 0.1) is 0 Å². The molecule has 1 saturated heterocycles. The second kappa shape index (κ2) is 3.96. The second-order valence-electron chi connectivity index (χ2n) is 3.59. The summed E-state index contributed by atoms with van der Waals surface area (Å²) in [4.78, 5) is 0. The minimum Gasteiger partial charge on any atom is -0.463 e. The second-order valence-corrected chi connectivity index (χ2v) is 3.96. The zero-order chi connectivity index (χ0) is 9.97. The molecule has 0 saturated carbocycles. The van der Waals surface area contributed by atoms with E-state index in [0.717, 1.165) is 6.42 Å². The predicted octanol–water partition coefficient (Wildman–Crippen LogP) is 2.41. The van der Waals surface area contributed by atoms with Crippen molar-refractivity contribution in [3.8, 4) is 0 Å². The molecule has 2 nitrogen and oxygen atoms in total. The smallest absolute Gasteiger partial charge is 0.257 e. The summed E-state index contributed by atoms with van der Waals surface area (Å²) in [6.45, 7) is 2.12. The number of hydrogen-bond donors (Lipinski definition) is 1. The van der Waals surface area contributed by atoms with E-state index in [-0.39, 0.29) is 6.10 Å². The Kier molecular flexibility index (Phi) is 2.68. The molecule has 0 radical (unpaired) electrons. The first kappa shape index (κ1) is 9.46. The molecule has 14 heavy (non-hydrogen) atoms. The van der Waals surface area contributed by atoms with Crippen molar-refractivity contribution in [3.05, 3.63) is 35.9 Å². The molecule has 1 N–H and O–H groups in total. The Balaban J connectivity index is 2.15. The van der Waals surface area contributed by atoms with E-state index in [1.54, 1.807) is 0 Å². The summed E-state index contributed by atoms with van der Waals surface area (Å²) in [6.07, 6.45) is 1.07. The van der Waals surface area contributed by atoms with Gasteiger partial charge >= 0.3 is 0 Å². The van der Waals surface area contributed by atoms with Gasteiger partial charge in [0.1, 0.15) is 6.10 Å². The molecule has 3 heteroatoms. The third-order valence-corrected chi connectivity index (χ3v) is 2.57. The van der Waals surface area contributed by atoms with Crippen LogP contribution in [0.1, 0.15) is 25.0 Å². The van der Waals surface area contributed by atoms with Gasteiger partial charge in [-0.2, -0.15) is 0 Å². The molecule has 0 amide bonds. The molecule has 74 valence electrons. The Morgan fingerprint density at radius 1 is 1.36 bits per heavy atom. The van der Waals surface area contributed by atoms with E-state index in [4.69, 9.17) is 17.0 Å². The van der Waals surface area contributed by atoms with Gasteiger partial charge in [0.2, 0.25) is 0 Å². The molecule has 2 rings (SSSR count). The fourth-order valence-electron chi connectivity index (χ4n) is 1.66. The molecular formula is C11H13NOS.